The number of primary amides is 1. The predicted octanol–water partition coefficient (Wildman–Crippen LogP) is -0.727. The second-order valence-electron chi connectivity index (χ2n) is 6.70. The minimum Gasteiger partial charge on any atom is -0.486 e. The van der Waals surface area contributed by atoms with Crippen LogP contribution in [-0.4, -0.2) is 65.2 Å². The largest absolute Gasteiger partial charge is 0.486 e. The summed E-state index contributed by atoms with van der Waals surface area (Å²) in [5.74, 6) is -1.78. The molecular formula is C16H21BN2O7. The van der Waals surface area contributed by atoms with Crippen molar-refractivity contribution in [3.05, 3.63) is 23.5 Å². The molecule has 26 heavy (non-hydrogen) atoms. The second-order valence-corrected chi connectivity index (χ2v) is 6.70. The van der Waals surface area contributed by atoms with E-state index in [2.05, 4.69) is 0 Å². The molecule has 2 amide bonds. The third kappa shape index (κ3) is 3.91. The quantitative estimate of drug-likeness (QED) is 0.528. The number of carboxylic acids is 1. The topological polar surface area (TPSA) is 139 Å². The SMILES string of the molecule is NC(=O)CCC(=O)N1CC(OC2=C(C(=O)O)C3OB(O)CCC3C=C2)C1. The van der Waals surface area contributed by atoms with Crippen molar-refractivity contribution in [1.29, 1.82) is 0 Å². The van der Waals surface area contributed by atoms with Gasteiger partial charge in [-0.15, -0.1) is 0 Å². The van der Waals surface area contributed by atoms with Crippen LogP contribution in [0.15, 0.2) is 23.5 Å². The highest BCUT2D eigenvalue weighted by molar-refractivity contribution is 6.43. The summed E-state index contributed by atoms with van der Waals surface area (Å²) < 4.78 is 11.2. The Morgan fingerprint density at radius 3 is 2.73 bits per heavy atom. The van der Waals surface area contributed by atoms with Gasteiger partial charge in [-0.1, -0.05) is 6.08 Å². The molecule has 0 spiro atoms. The van der Waals surface area contributed by atoms with Gasteiger partial charge in [0.25, 0.3) is 0 Å². The lowest BCUT2D eigenvalue weighted by molar-refractivity contribution is -0.144. The molecule has 0 aromatic heterocycles. The maximum Gasteiger partial charge on any atom is 0.454 e. The summed E-state index contributed by atoms with van der Waals surface area (Å²) in [6.45, 7) is 0.638. The average Bonchev–Trinajstić information content (AvgIpc) is 2.54. The van der Waals surface area contributed by atoms with E-state index in [1.165, 1.54) is 4.90 Å². The third-order valence-electron chi connectivity index (χ3n) is 4.79. The summed E-state index contributed by atoms with van der Waals surface area (Å²) in [5.41, 5.74) is 5.02. The molecule has 2 saturated heterocycles. The number of amides is 2. The zero-order chi connectivity index (χ0) is 18.8. The number of nitrogens with zero attached hydrogens (tertiary/aromatic N) is 1. The van der Waals surface area contributed by atoms with Crippen molar-refractivity contribution in [3.8, 4) is 0 Å². The molecule has 2 unspecified atom stereocenters. The fourth-order valence-corrected chi connectivity index (χ4v) is 3.36. The highest BCUT2D eigenvalue weighted by Crippen LogP contribution is 2.35. The molecule has 9 nitrogen and oxygen atoms in total. The van der Waals surface area contributed by atoms with Crippen molar-refractivity contribution >= 4 is 24.9 Å². The number of carbonyl (C=O) groups is 3. The maximum atomic E-state index is 11.9. The Kier molecular flexibility index (Phi) is 5.33. The first kappa shape index (κ1) is 18.5. The minimum absolute atomic E-state index is 0.000639. The Bertz CT molecular complexity index is 672. The number of carboxylic acid groups (broad SMARTS) is 1. The van der Waals surface area contributed by atoms with Crippen LogP contribution in [0.25, 0.3) is 0 Å². The number of fused-ring (bicyclic) bond motifs is 1. The van der Waals surface area contributed by atoms with Gasteiger partial charge in [-0.05, 0) is 18.8 Å². The van der Waals surface area contributed by atoms with Crippen LogP contribution in [0.1, 0.15) is 19.3 Å². The van der Waals surface area contributed by atoms with E-state index in [9.17, 15) is 24.5 Å². The smallest absolute Gasteiger partial charge is 0.454 e. The van der Waals surface area contributed by atoms with E-state index in [1.54, 1.807) is 6.08 Å². The van der Waals surface area contributed by atoms with Gasteiger partial charge < -0.3 is 30.2 Å². The summed E-state index contributed by atoms with van der Waals surface area (Å²) >= 11 is 0. The van der Waals surface area contributed by atoms with E-state index in [4.69, 9.17) is 15.1 Å². The van der Waals surface area contributed by atoms with Gasteiger partial charge in [0.2, 0.25) is 11.8 Å². The molecule has 0 bridgehead atoms. The summed E-state index contributed by atoms with van der Waals surface area (Å²) in [7, 11) is -0.986. The molecule has 0 radical (unpaired) electrons. The summed E-state index contributed by atoms with van der Waals surface area (Å²) in [4.78, 5) is 35.8. The van der Waals surface area contributed by atoms with E-state index in [0.29, 0.717) is 25.8 Å². The van der Waals surface area contributed by atoms with Crippen LogP contribution < -0.4 is 5.73 Å². The number of carbonyl (C=O) groups excluding carboxylic acids is 2. The zero-order valence-electron chi connectivity index (χ0n) is 14.2. The fraction of sp³-hybridized carbons (Fsp3) is 0.562. The minimum atomic E-state index is -1.15. The van der Waals surface area contributed by atoms with Crippen LogP contribution in [-0.2, 0) is 23.8 Å². The second kappa shape index (κ2) is 7.51. The van der Waals surface area contributed by atoms with Gasteiger partial charge in [0, 0.05) is 18.8 Å². The Morgan fingerprint density at radius 2 is 2.08 bits per heavy atom. The molecule has 0 aromatic carbocycles. The van der Waals surface area contributed by atoms with E-state index < -0.39 is 25.1 Å². The molecule has 3 rings (SSSR count). The van der Waals surface area contributed by atoms with Gasteiger partial charge in [-0.3, -0.25) is 9.59 Å². The number of hydrogen-bond acceptors (Lipinski definition) is 6. The molecule has 1 aliphatic carbocycles. The number of likely N-dealkylation sites (tertiary alicyclic amines) is 1. The Hall–Kier alpha value is -2.33. The molecule has 2 aliphatic heterocycles. The summed E-state index contributed by atoms with van der Waals surface area (Å²) in [6.07, 6.45) is 3.55. The molecular weight excluding hydrogens is 343 g/mol. The van der Waals surface area contributed by atoms with Gasteiger partial charge in [-0.25, -0.2) is 4.79 Å². The third-order valence-corrected chi connectivity index (χ3v) is 4.79. The van der Waals surface area contributed by atoms with Gasteiger partial charge in [0.05, 0.1) is 19.2 Å². The lowest BCUT2D eigenvalue weighted by atomic mass is 9.71. The van der Waals surface area contributed by atoms with E-state index in [1.807, 2.05) is 6.08 Å². The first-order chi connectivity index (χ1) is 12.3. The lowest BCUT2D eigenvalue weighted by Gasteiger charge is -2.41. The standard InChI is InChI=1S/C16H21BN2O7/c18-12(20)3-4-13(21)19-7-10(8-19)25-11-2-1-9-5-6-17(24)26-15(9)14(11)16(22)23/h1-2,9-10,15,24H,3-8H2,(H2,18,20)(H,22,23). The van der Waals surface area contributed by atoms with Crippen molar-refractivity contribution in [1.82, 2.24) is 4.90 Å². The van der Waals surface area contributed by atoms with Gasteiger partial charge in [-0.2, -0.15) is 0 Å². The number of nitrogens with two attached hydrogens (primary N) is 1. The summed E-state index contributed by atoms with van der Waals surface area (Å²) in [5, 5.41) is 19.2. The molecule has 3 aliphatic rings. The van der Waals surface area contributed by atoms with Crippen LogP contribution in [0.4, 0.5) is 0 Å². The van der Waals surface area contributed by atoms with Crippen LogP contribution in [0.2, 0.25) is 6.32 Å². The predicted molar refractivity (Wildman–Crippen MR) is 89.4 cm³/mol. The highest BCUT2D eigenvalue weighted by atomic mass is 16.5. The van der Waals surface area contributed by atoms with Gasteiger partial charge >= 0.3 is 13.1 Å². The molecule has 0 saturated carbocycles. The van der Waals surface area contributed by atoms with Crippen LogP contribution in [0.3, 0.4) is 0 Å². The van der Waals surface area contributed by atoms with E-state index in [0.717, 1.165) is 0 Å². The first-order valence-electron chi connectivity index (χ1n) is 8.57. The van der Waals surface area contributed by atoms with Crippen molar-refractivity contribution in [2.24, 2.45) is 11.7 Å². The number of hydrogen-bond donors (Lipinski definition) is 3. The first-order valence-corrected chi connectivity index (χ1v) is 8.57. The zero-order valence-corrected chi connectivity index (χ0v) is 14.2. The average molecular weight is 364 g/mol. The molecule has 140 valence electrons. The Labute approximate surface area is 150 Å². The van der Waals surface area contributed by atoms with Crippen molar-refractivity contribution < 1.29 is 33.9 Å². The van der Waals surface area contributed by atoms with Crippen molar-refractivity contribution in [2.75, 3.05) is 13.1 Å². The molecule has 10 heteroatoms. The molecule has 2 atom stereocenters. The Balaban J connectivity index is 1.61. The van der Waals surface area contributed by atoms with Crippen molar-refractivity contribution in [3.63, 3.8) is 0 Å². The molecule has 4 N–H and O–H groups in total. The monoisotopic (exact) mass is 364 g/mol. The van der Waals surface area contributed by atoms with Crippen molar-refractivity contribution in [2.45, 2.75) is 37.8 Å². The van der Waals surface area contributed by atoms with Gasteiger partial charge in [0.15, 0.2) is 0 Å². The molecule has 0 aromatic rings. The molecule has 2 heterocycles. The number of rotatable bonds is 6. The number of aliphatic carboxylic acids is 1. The lowest BCUT2D eigenvalue weighted by Crippen LogP contribution is -2.55. The number of ether oxygens (including phenoxy) is 1. The van der Waals surface area contributed by atoms with Crippen LogP contribution >= 0.6 is 0 Å². The van der Waals surface area contributed by atoms with Gasteiger partial charge in [0.1, 0.15) is 17.4 Å². The van der Waals surface area contributed by atoms with Crippen LogP contribution in [0, 0.1) is 5.92 Å². The van der Waals surface area contributed by atoms with E-state index in [-0.39, 0.29) is 42.1 Å². The highest BCUT2D eigenvalue weighted by Gasteiger charge is 2.42. The Morgan fingerprint density at radius 1 is 1.35 bits per heavy atom. The summed E-state index contributed by atoms with van der Waals surface area (Å²) in [6, 6.07) is 0. The molecule has 2 fully saturated rings. The van der Waals surface area contributed by atoms with E-state index >= 15 is 0 Å². The van der Waals surface area contributed by atoms with Crippen LogP contribution in [0.5, 0.6) is 0 Å². The maximum absolute atomic E-state index is 11.9. The fourth-order valence-electron chi connectivity index (χ4n) is 3.36. The number of allylic oxidation sites excluding steroid dienone is 1. The normalized spacial score (nSPS) is 25.6.